The van der Waals surface area contributed by atoms with E-state index >= 15 is 0 Å². The Morgan fingerprint density at radius 2 is 1.96 bits per heavy atom. The SMILES string of the molecule is CCCCN1C(=O)CN(C(N)=O)C(c2ccccc2)c2cc(Cl)ccc21. The molecule has 1 aliphatic heterocycles. The minimum Gasteiger partial charge on any atom is -0.351 e. The molecule has 0 spiro atoms. The molecule has 6 heteroatoms. The largest absolute Gasteiger partial charge is 0.351 e. The first-order valence-electron chi connectivity index (χ1n) is 8.73. The van der Waals surface area contributed by atoms with Crippen LogP contribution >= 0.6 is 11.6 Å². The summed E-state index contributed by atoms with van der Waals surface area (Å²) in [6, 6.07) is 13.9. The average Bonchev–Trinajstić information content (AvgIpc) is 2.75. The van der Waals surface area contributed by atoms with Crippen molar-refractivity contribution in [3.63, 3.8) is 0 Å². The quantitative estimate of drug-likeness (QED) is 0.883. The van der Waals surface area contributed by atoms with E-state index in [1.165, 1.54) is 4.90 Å². The lowest BCUT2D eigenvalue weighted by Gasteiger charge is -2.29. The number of hydrogen-bond donors (Lipinski definition) is 1. The summed E-state index contributed by atoms with van der Waals surface area (Å²) in [5.41, 5.74) is 8.13. The lowest BCUT2D eigenvalue weighted by Crippen LogP contribution is -2.44. The van der Waals surface area contributed by atoms with Gasteiger partial charge in [-0.1, -0.05) is 55.3 Å². The number of amides is 3. The molecule has 2 aromatic rings. The number of fused-ring (bicyclic) bond motifs is 1. The third-order valence-corrected chi connectivity index (χ3v) is 4.86. The van der Waals surface area contributed by atoms with E-state index in [0.29, 0.717) is 11.6 Å². The number of rotatable bonds is 4. The van der Waals surface area contributed by atoms with E-state index in [1.54, 1.807) is 11.0 Å². The smallest absolute Gasteiger partial charge is 0.316 e. The van der Waals surface area contributed by atoms with Crippen LogP contribution < -0.4 is 10.6 Å². The Bertz CT molecular complexity index is 810. The van der Waals surface area contributed by atoms with Crippen molar-refractivity contribution >= 4 is 29.2 Å². The second-order valence-corrected chi connectivity index (χ2v) is 6.82. The number of primary amides is 1. The number of carbonyl (C=O) groups is 2. The maximum Gasteiger partial charge on any atom is 0.316 e. The van der Waals surface area contributed by atoms with E-state index in [-0.39, 0.29) is 12.5 Å². The average molecular weight is 372 g/mol. The van der Waals surface area contributed by atoms with Crippen molar-refractivity contribution in [2.24, 2.45) is 5.73 Å². The number of carbonyl (C=O) groups excluding carboxylic acids is 2. The fourth-order valence-corrected chi connectivity index (χ4v) is 3.56. The Labute approximate surface area is 158 Å². The third-order valence-electron chi connectivity index (χ3n) is 4.63. The number of nitrogens with two attached hydrogens (primary N) is 1. The fourth-order valence-electron chi connectivity index (χ4n) is 3.38. The molecule has 136 valence electrons. The molecule has 0 saturated carbocycles. The predicted octanol–water partition coefficient (Wildman–Crippen LogP) is 3.96. The van der Waals surface area contributed by atoms with Crippen LogP contribution in [0.5, 0.6) is 0 Å². The summed E-state index contributed by atoms with van der Waals surface area (Å²) in [6.45, 7) is 2.61. The maximum absolute atomic E-state index is 12.9. The molecule has 5 nitrogen and oxygen atoms in total. The number of unbranched alkanes of at least 4 members (excludes halogenated alkanes) is 1. The van der Waals surface area contributed by atoms with Crippen molar-refractivity contribution in [3.8, 4) is 0 Å². The molecule has 0 aliphatic carbocycles. The molecule has 0 fully saturated rings. The van der Waals surface area contributed by atoms with Crippen molar-refractivity contribution in [1.82, 2.24) is 4.90 Å². The number of nitrogens with zero attached hydrogens (tertiary/aromatic N) is 2. The van der Waals surface area contributed by atoms with Crippen LogP contribution in [0.25, 0.3) is 0 Å². The lowest BCUT2D eigenvalue weighted by atomic mass is 9.96. The minimum absolute atomic E-state index is 0.0646. The van der Waals surface area contributed by atoms with Crippen LogP contribution in [0.2, 0.25) is 5.02 Å². The first-order chi connectivity index (χ1) is 12.5. The van der Waals surface area contributed by atoms with Crippen LogP contribution in [0.1, 0.15) is 36.9 Å². The van der Waals surface area contributed by atoms with Gasteiger partial charge in [0.15, 0.2) is 0 Å². The molecule has 2 N–H and O–H groups in total. The van der Waals surface area contributed by atoms with Crippen LogP contribution in [-0.4, -0.2) is 29.9 Å². The van der Waals surface area contributed by atoms with E-state index in [9.17, 15) is 9.59 Å². The van der Waals surface area contributed by atoms with Crippen LogP contribution in [0.4, 0.5) is 10.5 Å². The van der Waals surface area contributed by atoms with E-state index in [4.69, 9.17) is 17.3 Å². The second kappa shape index (κ2) is 7.79. The van der Waals surface area contributed by atoms with Gasteiger partial charge in [0.25, 0.3) is 0 Å². The molecule has 3 rings (SSSR count). The zero-order valence-corrected chi connectivity index (χ0v) is 15.4. The van der Waals surface area contributed by atoms with Gasteiger partial charge in [-0.05, 0) is 30.2 Å². The van der Waals surface area contributed by atoms with Crippen molar-refractivity contribution < 1.29 is 9.59 Å². The van der Waals surface area contributed by atoms with Gasteiger partial charge < -0.3 is 15.5 Å². The Morgan fingerprint density at radius 3 is 2.62 bits per heavy atom. The fraction of sp³-hybridized carbons (Fsp3) is 0.300. The van der Waals surface area contributed by atoms with Gasteiger partial charge in [0.1, 0.15) is 6.54 Å². The minimum atomic E-state index is -0.629. The lowest BCUT2D eigenvalue weighted by molar-refractivity contribution is -0.119. The zero-order valence-electron chi connectivity index (χ0n) is 14.7. The van der Waals surface area contributed by atoms with Gasteiger partial charge in [0.2, 0.25) is 5.91 Å². The Kier molecular flexibility index (Phi) is 5.47. The molecule has 1 unspecified atom stereocenters. The monoisotopic (exact) mass is 371 g/mol. The first-order valence-corrected chi connectivity index (χ1v) is 9.11. The summed E-state index contributed by atoms with van der Waals surface area (Å²) in [5, 5.41) is 0.555. The van der Waals surface area contributed by atoms with Gasteiger partial charge in [-0.3, -0.25) is 4.79 Å². The highest BCUT2D eigenvalue weighted by atomic mass is 35.5. The molecule has 1 aliphatic rings. The Morgan fingerprint density at radius 1 is 1.23 bits per heavy atom. The van der Waals surface area contributed by atoms with Gasteiger partial charge in [0, 0.05) is 22.8 Å². The maximum atomic E-state index is 12.9. The highest BCUT2D eigenvalue weighted by Crippen LogP contribution is 2.39. The number of anilines is 1. The number of halogens is 1. The van der Waals surface area contributed by atoms with Gasteiger partial charge in [-0.2, -0.15) is 0 Å². The molecule has 0 saturated heterocycles. The summed E-state index contributed by atoms with van der Waals surface area (Å²) in [4.78, 5) is 28.3. The highest BCUT2D eigenvalue weighted by Gasteiger charge is 2.35. The van der Waals surface area contributed by atoms with Gasteiger partial charge >= 0.3 is 6.03 Å². The number of hydrogen-bond acceptors (Lipinski definition) is 2. The van der Waals surface area contributed by atoms with Crippen molar-refractivity contribution in [2.75, 3.05) is 18.0 Å². The molecule has 2 aromatic carbocycles. The van der Waals surface area contributed by atoms with Gasteiger partial charge in [0.05, 0.1) is 6.04 Å². The Hall–Kier alpha value is -2.53. The van der Waals surface area contributed by atoms with Crippen LogP contribution in [-0.2, 0) is 4.79 Å². The zero-order chi connectivity index (χ0) is 18.7. The highest BCUT2D eigenvalue weighted by molar-refractivity contribution is 6.30. The van der Waals surface area contributed by atoms with Gasteiger partial charge in [-0.25, -0.2) is 4.79 Å². The van der Waals surface area contributed by atoms with Crippen LogP contribution in [0.3, 0.4) is 0 Å². The normalized spacial score (nSPS) is 17.0. The van der Waals surface area contributed by atoms with Crippen molar-refractivity contribution in [1.29, 1.82) is 0 Å². The van der Waals surface area contributed by atoms with Crippen LogP contribution in [0.15, 0.2) is 48.5 Å². The molecule has 3 amide bonds. The summed E-state index contributed by atoms with van der Waals surface area (Å²) in [7, 11) is 0. The molecule has 1 atom stereocenters. The molecule has 26 heavy (non-hydrogen) atoms. The standard InChI is InChI=1S/C20H22ClN3O2/c1-2-3-11-23-17-10-9-15(21)12-16(17)19(14-7-5-4-6-8-14)24(20(22)26)13-18(23)25/h4-10,12,19H,2-3,11,13H2,1H3,(H2,22,26). The van der Waals surface area contributed by atoms with Gasteiger partial charge in [-0.15, -0.1) is 0 Å². The van der Waals surface area contributed by atoms with Crippen LogP contribution in [0, 0.1) is 0 Å². The van der Waals surface area contributed by atoms with E-state index < -0.39 is 12.1 Å². The summed E-state index contributed by atoms with van der Waals surface area (Å²) in [5.74, 6) is -0.140. The van der Waals surface area contributed by atoms with E-state index in [0.717, 1.165) is 29.7 Å². The summed E-state index contributed by atoms with van der Waals surface area (Å²) >= 11 is 6.26. The topological polar surface area (TPSA) is 66.6 Å². The molecule has 0 aromatic heterocycles. The number of benzene rings is 2. The van der Waals surface area contributed by atoms with E-state index in [1.807, 2.05) is 42.5 Å². The molecule has 0 bridgehead atoms. The molecule has 0 radical (unpaired) electrons. The molecular formula is C20H22ClN3O2. The van der Waals surface area contributed by atoms with E-state index in [2.05, 4.69) is 6.92 Å². The third kappa shape index (κ3) is 3.53. The summed E-state index contributed by atoms with van der Waals surface area (Å²) in [6.07, 6.45) is 1.84. The van der Waals surface area contributed by atoms with Crippen molar-refractivity contribution in [2.45, 2.75) is 25.8 Å². The summed E-state index contributed by atoms with van der Waals surface area (Å²) < 4.78 is 0. The number of urea groups is 1. The first kappa shape index (κ1) is 18.3. The second-order valence-electron chi connectivity index (χ2n) is 6.38. The Balaban J connectivity index is 2.20. The molecule has 1 heterocycles. The predicted molar refractivity (Wildman–Crippen MR) is 103 cm³/mol. The van der Waals surface area contributed by atoms with Crippen molar-refractivity contribution in [3.05, 3.63) is 64.7 Å². The molecular weight excluding hydrogens is 350 g/mol.